The quantitative estimate of drug-likeness (QED) is 0.136. The number of rotatable bonds is 3. The molecule has 3 heterocycles. The van der Waals surface area contributed by atoms with Gasteiger partial charge in [-0.05, 0) is 203 Å². The summed E-state index contributed by atoms with van der Waals surface area (Å²) >= 11 is 0. The largest absolute Gasteiger partial charge is 0.508 e. The summed E-state index contributed by atoms with van der Waals surface area (Å²) in [6.07, 6.45) is 16.6. The van der Waals surface area contributed by atoms with E-state index < -0.39 is 24.2 Å². The van der Waals surface area contributed by atoms with Crippen molar-refractivity contribution in [1.29, 1.82) is 0 Å². The van der Waals surface area contributed by atoms with E-state index in [9.17, 15) is 19.5 Å². The monoisotopic (exact) mass is 1030 g/mol. The van der Waals surface area contributed by atoms with Crippen LogP contribution in [-0.2, 0) is 14.4 Å². The number of benzene rings is 6. The van der Waals surface area contributed by atoms with Crippen LogP contribution in [0.1, 0.15) is 55.6 Å². The molecule has 372 valence electrons. The molecule has 0 saturated carbocycles. The Morgan fingerprint density at radius 3 is 1.09 bits per heavy atom. The Hall–Kier alpha value is -7.76. The lowest BCUT2D eigenvalue weighted by Gasteiger charge is -2.38. The number of ketones is 3. The third kappa shape index (κ3) is 8.90. The Kier molecular flexibility index (Phi) is 13.0. The number of nitrogen functional groups attached to an aromatic ring is 1. The van der Waals surface area contributed by atoms with Gasteiger partial charge in [0.15, 0.2) is 17.3 Å². The molecule has 0 spiro atoms. The number of nitrogens with two attached hydrogens (primary N) is 1. The summed E-state index contributed by atoms with van der Waals surface area (Å²) < 4.78 is 0. The molecule has 0 saturated heterocycles. The van der Waals surface area contributed by atoms with Gasteiger partial charge in [0, 0.05) is 5.69 Å². The van der Waals surface area contributed by atoms with Gasteiger partial charge in [-0.1, -0.05) is 166 Å². The van der Waals surface area contributed by atoms with Crippen molar-refractivity contribution in [1.82, 2.24) is 0 Å². The molecular formula is C67H63NO4Si3. The Bertz CT molecular complexity index is 3410. The van der Waals surface area contributed by atoms with E-state index in [4.69, 9.17) is 5.73 Å². The van der Waals surface area contributed by atoms with Crippen molar-refractivity contribution in [2.45, 2.75) is 67.0 Å². The molecule has 6 aliphatic rings. The second-order valence-electron chi connectivity index (χ2n) is 22.2. The van der Waals surface area contributed by atoms with Crippen LogP contribution in [0.2, 0.25) is 39.3 Å². The van der Waals surface area contributed by atoms with Gasteiger partial charge < -0.3 is 10.8 Å². The van der Waals surface area contributed by atoms with Crippen LogP contribution in [0.3, 0.4) is 0 Å². The summed E-state index contributed by atoms with van der Waals surface area (Å²) in [7, 11) is -5.96. The molecule has 0 amide bonds. The molecule has 3 aliphatic heterocycles. The fourth-order valence-corrected chi connectivity index (χ4v) is 21.3. The summed E-state index contributed by atoms with van der Waals surface area (Å²) in [5.41, 5.74) is 26.6. The predicted octanol–water partition coefficient (Wildman–Crippen LogP) is 12.6. The van der Waals surface area contributed by atoms with Crippen molar-refractivity contribution in [2.75, 3.05) is 5.73 Å². The summed E-state index contributed by atoms with van der Waals surface area (Å²) in [4.78, 5) is 36.3. The zero-order valence-corrected chi connectivity index (χ0v) is 47.6. The first-order chi connectivity index (χ1) is 35.7. The molecule has 75 heavy (non-hydrogen) atoms. The van der Waals surface area contributed by atoms with Gasteiger partial charge in [-0.3, -0.25) is 14.4 Å². The number of carbonyl (C=O) groups is 3. The normalized spacial score (nSPS) is 17.9. The predicted molar refractivity (Wildman–Crippen MR) is 320 cm³/mol. The lowest BCUT2D eigenvalue weighted by atomic mass is 9.87. The van der Waals surface area contributed by atoms with Crippen molar-refractivity contribution < 1.29 is 19.5 Å². The van der Waals surface area contributed by atoms with Crippen LogP contribution in [0.15, 0.2) is 214 Å². The smallest absolute Gasteiger partial charge is 0.178 e. The molecule has 0 radical (unpaired) electrons. The SMILES string of the molecule is Cc1ccc2c(c1)[Si](C)(C)C1=CC(=O)C=CC1=C2c1ccccc1C.Cc1ccccc1C1=C2C=CC(=O)C=C2[Si](C)(C)c2cc(N)ccc21.Cc1ccccc1C1=C2C=CC(=O)C=C2[Si](C)(C)c2cc(O)ccc21. The molecule has 6 aromatic carbocycles. The second kappa shape index (κ2) is 19.2. The maximum absolute atomic E-state index is 12.1. The van der Waals surface area contributed by atoms with Crippen molar-refractivity contribution in [2.24, 2.45) is 0 Å². The number of carbonyl (C=O) groups excluding carboxylic acids is 3. The summed E-state index contributed by atoms with van der Waals surface area (Å²) in [5, 5.41) is 17.6. The van der Waals surface area contributed by atoms with Crippen LogP contribution in [-0.4, -0.2) is 46.7 Å². The van der Waals surface area contributed by atoms with Gasteiger partial charge in [-0.25, -0.2) is 0 Å². The lowest BCUT2D eigenvalue weighted by molar-refractivity contribution is -0.111. The standard InChI is InChI=1S/C23H22OSi.C22H21NOSi.C22H20O2Si/c1-15-9-11-19-21(13-15)25(3,4)22-14-17(24)10-12-20(22)23(19)18-8-6-5-7-16(18)2;2*1-14-6-4-5-7-17(14)22-18-10-8-15(23)12-20(18)25(2,3)21-13-16(24)9-11-19(21)22/h5-14H,1-4H3;4-13H,23H2,1-3H3;4-13,23H,1-3H3. The van der Waals surface area contributed by atoms with Gasteiger partial charge in [0.25, 0.3) is 0 Å². The van der Waals surface area contributed by atoms with Gasteiger partial charge >= 0.3 is 0 Å². The van der Waals surface area contributed by atoms with E-state index in [-0.39, 0.29) is 23.1 Å². The van der Waals surface area contributed by atoms with Crippen molar-refractivity contribution >= 4 is 79.5 Å². The number of hydrogen-bond donors (Lipinski definition) is 2. The number of fused-ring (bicyclic) bond motifs is 6. The van der Waals surface area contributed by atoms with Gasteiger partial charge in [0.1, 0.15) is 30.0 Å². The lowest BCUT2D eigenvalue weighted by Crippen LogP contribution is -2.49. The minimum absolute atomic E-state index is 0.0482. The fourth-order valence-electron chi connectivity index (χ4n) is 12.0. The van der Waals surface area contributed by atoms with Crippen LogP contribution in [0.5, 0.6) is 5.75 Å². The van der Waals surface area contributed by atoms with Gasteiger partial charge in [0.2, 0.25) is 0 Å². The molecule has 0 unspecified atom stereocenters. The Balaban J connectivity index is 0.000000128. The number of aryl methyl sites for hydroxylation is 4. The highest BCUT2D eigenvalue weighted by Crippen LogP contribution is 2.45. The molecule has 0 atom stereocenters. The van der Waals surface area contributed by atoms with E-state index >= 15 is 0 Å². The first-order valence-corrected chi connectivity index (χ1v) is 34.8. The maximum atomic E-state index is 12.1. The van der Waals surface area contributed by atoms with E-state index in [2.05, 4.69) is 158 Å². The number of allylic oxidation sites excluding steroid dienone is 15. The molecule has 6 aromatic rings. The van der Waals surface area contributed by atoms with Crippen LogP contribution in [0.25, 0.3) is 16.7 Å². The Labute approximate surface area is 445 Å². The van der Waals surface area contributed by atoms with Crippen molar-refractivity contribution in [3.05, 3.63) is 270 Å². The molecule has 0 bridgehead atoms. The summed E-state index contributed by atoms with van der Waals surface area (Å²) in [6.45, 7) is 22.4. The van der Waals surface area contributed by atoms with Crippen LogP contribution in [0, 0.1) is 27.7 Å². The Morgan fingerprint density at radius 1 is 0.373 bits per heavy atom. The van der Waals surface area contributed by atoms with E-state index in [0.717, 1.165) is 22.0 Å². The van der Waals surface area contributed by atoms with Crippen LogP contribution in [0.4, 0.5) is 5.69 Å². The highest BCUT2D eigenvalue weighted by atomic mass is 28.3. The van der Waals surface area contributed by atoms with E-state index in [0.29, 0.717) is 0 Å². The molecule has 0 aromatic heterocycles. The molecule has 12 rings (SSSR count). The topological polar surface area (TPSA) is 97.5 Å². The van der Waals surface area contributed by atoms with Crippen LogP contribution < -0.4 is 21.3 Å². The summed E-state index contributed by atoms with van der Waals surface area (Å²) in [6, 6.07) is 44.0. The molecular weight excluding hydrogens is 967 g/mol. The highest BCUT2D eigenvalue weighted by Gasteiger charge is 2.43. The molecule has 0 fully saturated rings. The highest BCUT2D eigenvalue weighted by molar-refractivity contribution is 6.99. The minimum Gasteiger partial charge on any atom is -0.508 e. The summed E-state index contributed by atoms with van der Waals surface area (Å²) in [5.74, 6) is 0.521. The molecule has 3 N–H and O–H groups in total. The molecule has 3 aliphatic carbocycles. The van der Waals surface area contributed by atoms with E-state index in [1.807, 2.05) is 60.7 Å². The van der Waals surface area contributed by atoms with Gasteiger partial charge in [0.05, 0.1) is 0 Å². The van der Waals surface area contributed by atoms with E-state index in [1.54, 1.807) is 30.4 Å². The number of phenols is 1. The first-order valence-electron chi connectivity index (χ1n) is 25.8. The fraction of sp³-hybridized carbons (Fsp3) is 0.149. The molecule has 5 nitrogen and oxygen atoms in total. The molecule has 8 heteroatoms. The van der Waals surface area contributed by atoms with Crippen molar-refractivity contribution in [3.8, 4) is 5.75 Å². The number of aromatic hydroxyl groups is 1. The third-order valence-electron chi connectivity index (χ3n) is 16.1. The third-order valence-corrected chi connectivity index (χ3v) is 26.7. The van der Waals surface area contributed by atoms with Crippen molar-refractivity contribution in [3.63, 3.8) is 0 Å². The average molecular weight is 1030 g/mol. The maximum Gasteiger partial charge on any atom is 0.178 e. The second-order valence-corrected chi connectivity index (χ2v) is 35.1. The van der Waals surface area contributed by atoms with Gasteiger partial charge in [-0.15, -0.1) is 0 Å². The first kappa shape index (κ1) is 50.8. The Morgan fingerprint density at radius 2 is 0.707 bits per heavy atom. The zero-order valence-electron chi connectivity index (χ0n) is 44.6. The average Bonchev–Trinajstić information content (AvgIpc) is 3.38. The van der Waals surface area contributed by atoms with Gasteiger partial charge in [-0.2, -0.15) is 0 Å². The zero-order chi connectivity index (χ0) is 53.3. The van der Waals surface area contributed by atoms with Crippen LogP contribution >= 0.6 is 0 Å². The number of anilines is 1. The van der Waals surface area contributed by atoms with E-state index in [1.165, 1.54) is 104 Å². The number of hydrogen-bond acceptors (Lipinski definition) is 5. The number of phenolic OH excluding ortho intramolecular Hbond substituents is 1. The minimum atomic E-state index is -2.07.